The lowest BCUT2D eigenvalue weighted by Gasteiger charge is -2.40. The number of carbonyl (C=O) groups excluding carboxylic acids is 1. The first-order valence-corrected chi connectivity index (χ1v) is 15.5. The molecule has 6 nitrogen and oxygen atoms in total. The molecule has 44 heavy (non-hydrogen) atoms. The Morgan fingerprint density at radius 1 is 0.909 bits per heavy atom. The molecule has 1 atom stereocenters. The van der Waals surface area contributed by atoms with E-state index in [9.17, 15) is 18.0 Å². The highest BCUT2D eigenvalue weighted by Crippen LogP contribution is 2.30. The maximum atomic E-state index is 13.9. The van der Waals surface area contributed by atoms with Gasteiger partial charge in [0.25, 0.3) is 0 Å². The van der Waals surface area contributed by atoms with E-state index < -0.39 is 11.7 Å². The van der Waals surface area contributed by atoms with Crippen molar-refractivity contribution in [3.8, 4) is 0 Å². The van der Waals surface area contributed by atoms with Gasteiger partial charge >= 0.3 is 6.18 Å². The standard InChI is InChI=1S/C35H42F3N5O/c1-40-23-18-32(19-24-40)42-22-4-3-5-33(26-42)43(34(44)15-10-27-6-11-29(12-7-27)35(36,37)38)25-28-8-13-30(14-9-28)41(2)31-16-20-39-21-17-31/h6-17,20-21,32-33H,3-5,18-19,22-26H2,1-2H3/b15-10+. The number of anilines is 2. The van der Waals surface area contributed by atoms with Gasteiger partial charge in [-0.2, -0.15) is 13.2 Å². The largest absolute Gasteiger partial charge is 0.416 e. The molecule has 9 heteroatoms. The van der Waals surface area contributed by atoms with Crippen molar-refractivity contribution in [2.24, 2.45) is 0 Å². The van der Waals surface area contributed by atoms with Gasteiger partial charge < -0.3 is 14.7 Å². The third kappa shape index (κ3) is 8.27. The van der Waals surface area contributed by atoms with Gasteiger partial charge in [0.1, 0.15) is 0 Å². The van der Waals surface area contributed by atoms with Crippen molar-refractivity contribution in [2.45, 2.75) is 56.9 Å². The fourth-order valence-electron chi connectivity index (χ4n) is 6.27. The van der Waals surface area contributed by atoms with Crippen LogP contribution in [0.4, 0.5) is 24.5 Å². The van der Waals surface area contributed by atoms with Gasteiger partial charge in [0.2, 0.25) is 5.91 Å². The number of pyridine rings is 1. The second-order valence-corrected chi connectivity index (χ2v) is 12.0. The van der Waals surface area contributed by atoms with E-state index in [0.29, 0.717) is 18.2 Å². The number of piperidine rings is 1. The molecule has 3 aromatic rings. The summed E-state index contributed by atoms with van der Waals surface area (Å²) < 4.78 is 39.1. The van der Waals surface area contributed by atoms with E-state index in [1.807, 2.05) is 24.1 Å². The maximum Gasteiger partial charge on any atom is 0.416 e. The van der Waals surface area contributed by atoms with E-state index in [1.54, 1.807) is 18.5 Å². The highest BCUT2D eigenvalue weighted by atomic mass is 19.4. The van der Waals surface area contributed by atoms with Crippen LogP contribution in [0.2, 0.25) is 0 Å². The molecule has 2 fully saturated rings. The molecule has 0 N–H and O–H groups in total. The van der Waals surface area contributed by atoms with Crippen LogP contribution in [-0.4, -0.2) is 77.9 Å². The first-order valence-electron chi connectivity index (χ1n) is 15.5. The van der Waals surface area contributed by atoms with Crippen molar-refractivity contribution in [2.75, 3.05) is 45.2 Å². The average Bonchev–Trinajstić information content (AvgIpc) is 3.29. The van der Waals surface area contributed by atoms with Gasteiger partial charge in [-0.25, -0.2) is 0 Å². The molecule has 2 aliphatic heterocycles. The molecule has 5 rings (SSSR count). The molecule has 1 aromatic heterocycles. The summed E-state index contributed by atoms with van der Waals surface area (Å²) in [5.74, 6) is -0.127. The van der Waals surface area contributed by atoms with Crippen LogP contribution >= 0.6 is 0 Å². The Morgan fingerprint density at radius 2 is 1.57 bits per heavy atom. The number of nitrogens with zero attached hydrogens (tertiary/aromatic N) is 5. The number of benzene rings is 2. The number of amides is 1. The van der Waals surface area contributed by atoms with Gasteiger partial charge in [0, 0.05) is 62.1 Å². The molecular weight excluding hydrogens is 563 g/mol. The highest BCUT2D eigenvalue weighted by Gasteiger charge is 2.32. The van der Waals surface area contributed by atoms with Crippen LogP contribution in [0.25, 0.3) is 6.08 Å². The molecule has 1 amide bonds. The summed E-state index contributed by atoms with van der Waals surface area (Å²) in [7, 11) is 4.18. The van der Waals surface area contributed by atoms with Crippen LogP contribution in [0, 0.1) is 0 Å². The predicted octanol–water partition coefficient (Wildman–Crippen LogP) is 6.86. The third-order valence-electron chi connectivity index (χ3n) is 8.99. The minimum atomic E-state index is -4.39. The normalized spacial score (nSPS) is 19.2. The van der Waals surface area contributed by atoms with E-state index in [1.165, 1.54) is 18.2 Å². The van der Waals surface area contributed by atoms with Crippen molar-refractivity contribution in [3.05, 3.63) is 95.8 Å². The van der Waals surface area contributed by atoms with Gasteiger partial charge in [-0.3, -0.25) is 14.7 Å². The Balaban J connectivity index is 1.36. The van der Waals surface area contributed by atoms with Crippen LogP contribution < -0.4 is 4.90 Å². The van der Waals surface area contributed by atoms with E-state index in [4.69, 9.17) is 0 Å². The van der Waals surface area contributed by atoms with E-state index in [0.717, 1.165) is 87.4 Å². The lowest BCUT2D eigenvalue weighted by molar-refractivity contribution is -0.137. The number of carbonyl (C=O) groups is 1. The summed E-state index contributed by atoms with van der Waals surface area (Å²) in [5.41, 5.74) is 2.95. The Bertz CT molecular complexity index is 1370. The summed E-state index contributed by atoms with van der Waals surface area (Å²) in [4.78, 5) is 27.0. The zero-order chi connectivity index (χ0) is 31.1. The summed E-state index contributed by atoms with van der Waals surface area (Å²) in [5, 5.41) is 0. The number of rotatable bonds is 8. The molecule has 2 aromatic carbocycles. The quantitative estimate of drug-likeness (QED) is 0.263. The molecule has 0 saturated carbocycles. The fraction of sp³-hybridized carbons (Fsp3) is 0.429. The molecule has 2 saturated heterocycles. The van der Waals surface area contributed by atoms with Crippen LogP contribution in [0.15, 0.2) is 79.1 Å². The average molecular weight is 606 g/mol. The zero-order valence-electron chi connectivity index (χ0n) is 25.6. The van der Waals surface area contributed by atoms with Gasteiger partial charge in [-0.1, -0.05) is 30.7 Å². The van der Waals surface area contributed by atoms with Crippen LogP contribution in [-0.2, 0) is 17.5 Å². The van der Waals surface area contributed by atoms with Gasteiger partial charge in [-0.05, 0) is 106 Å². The van der Waals surface area contributed by atoms with Crippen molar-refractivity contribution >= 4 is 23.4 Å². The second-order valence-electron chi connectivity index (χ2n) is 12.0. The number of likely N-dealkylation sites (tertiary alicyclic amines) is 2. The molecule has 0 bridgehead atoms. The smallest absolute Gasteiger partial charge is 0.345 e. The molecule has 0 aliphatic carbocycles. The highest BCUT2D eigenvalue weighted by molar-refractivity contribution is 5.92. The van der Waals surface area contributed by atoms with Crippen molar-refractivity contribution in [3.63, 3.8) is 0 Å². The van der Waals surface area contributed by atoms with Crippen molar-refractivity contribution in [1.82, 2.24) is 19.7 Å². The Hall–Kier alpha value is -3.69. The zero-order valence-corrected chi connectivity index (χ0v) is 25.6. The Kier molecular flexibility index (Phi) is 10.4. The number of aromatic nitrogens is 1. The summed E-state index contributed by atoms with van der Waals surface area (Å²) in [6.45, 7) is 4.51. The van der Waals surface area contributed by atoms with E-state index >= 15 is 0 Å². The second kappa shape index (κ2) is 14.4. The number of alkyl halides is 3. The number of hydrogen-bond donors (Lipinski definition) is 0. The minimum absolute atomic E-state index is 0.0427. The molecule has 0 spiro atoms. The number of hydrogen-bond acceptors (Lipinski definition) is 5. The predicted molar refractivity (Wildman–Crippen MR) is 170 cm³/mol. The van der Waals surface area contributed by atoms with E-state index in [2.05, 4.69) is 51.0 Å². The van der Waals surface area contributed by atoms with E-state index in [-0.39, 0.29) is 11.9 Å². The SMILES string of the molecule is CN1CCC(N2CCCCC(N(Cc3ccc(N(C)c4ccncc4)cc3)C(=O)/C=C/c3ccc(C(F)(F)F)cc3)C2)CC1. The van der Waals surface area contributed by atoms with Crippen LogP contribution in [0.5, 0.6) is 0 Å². The molecule has 2 aliphatic rings. The Labute approximate surface area is 258 Å². The molecular formula is C35H42F3N5O. The summed E-state index contributed by atoms with van der Waals surface area (Å²) >= 11 is 0. The third-order valence-corrected chi connectivity index (χ3v) is 8.99. The summed E-state index contributed by atoms with van der Waals surface area (Å²) in [6.07, 6.45) is 7.63. The first-order chi connectivity index (χ1) is 21.2. The first kappa shape index (κ1) is 31.7. The van der Waals surface area contributed by atoms with Crippen LogP contribution in [0.3, 0.4) is 0 Å². The van der Waals surface area contributed by atoms with Gasteiger partial charge in [0.15, 0.2) is 0 Å². The topological polar surface area (TPSA) is 42.9 Å². The molecule has 234 valence electrons. The van der Waals surface area contributed by atoms with Crippen molar-refractivity contribution in [1.29, 1.82) is 0 Å². The summed E-state index contributed by atoms with van der Waals surface area (Å²) in [6, 6.07) is 17.7. The number of halogens is 3. The van der Waals surface area contributed by atoms with Gasteiger partial charge in [-0.15, -0.1) is 0 Å². The molecule has 0 radical (unpaired) electrons. The minimum Gasteiger partial charge on any atom is -0.345 e. The lowest BCUT2D eigenvalue weighted by Crippen LogP contribution is -2.50. The molecule has 3 heterocycles. The van der Waals surface area contributed by atoms with Crippen molar-refractivity contribution < 1.29 is 18.0 Å². The fourth-order valence-corrected chi connectivity index (χ4v) is 6.27. The van der Waals surface area contributed by atoms with Gasteiger partial charge in [0.05, 0.1) is 5.56 Å². The lowest BCUT2D eigenvalue weighted by atomic mass is 10.0. The van der Waals surface area contributed by atoms with Crippen LogP contribution in [0.1, 0.15) is 48.8 Å². The monoisotopic (exact) mass is 605 g/mol. The molecule has 1 unspecified atom stereocenters. The maximum absolute atomic E-state index is 13.9. The Morgan fingerprint density at radius 3 is 2.23 bits per heavy atom.